The number of carbonyl (C=O) groups excluding carboxylic acids is 2. The largest absolute Gasteiger partial charge is 0.496 e. The lowest BCUT2D eigenvalue weighted by Gasteiger charge is -2.51. The first-order chi connectivity index (χ1) is 20.2. The van der Waals surface area contributed by atoms with E-state index in [2.05, 4.69) is 27.2 Å². The summed E-state index contributed by atoms with van der Waals surface area (Å²) in [5.41, 5.74) is 2.77. The number of hydrogen-bond acceptors (Lipinski definition) is 6. The summed E-state index contributed by atoms with van der Waals surface area (Å²) in [4.78, 5) is 38.6. The van der Waals surface area contributed by atoms with E-state index in [1.807, 2.05) is 25.1 Å². The predicted molar refractivity (Wildman–Crippen MR) is 162 cm³/mol. The first kappa shape index (κ1) is 27.7. The normalized spacial score (nSPS) is 23.4. The Bertz CT molecular complexity index is 1680. The second kappa shape index (κ2) is 10.7. The van der Waals surface area contributed by atoms with E-state index >= 15 is 0 Å². The fourth-order valence-corrected chi connectivity index (χ4v) is 6.89. The van der Waals surface area contributed by atoms with Crippen molar-refractivity contribution in [3.05, 3.63) is 78.5 Å². The van der Waals surface area contributed by atoms with Crippen LogP contribution in [0.5, 0.6) is 5.75 Å². The molecule has 2 fully saturated rings. The van der Waals surface area contributed by atoms with Crippen LogP contribution in [-0.2, 0) is 4.79 Å². The minimum atomic E-state index is -0.868. The number of benzene rings is 2. The van der Waals surface area contributed by atoms with E-state index in [4.69, 9.17) is 9.72 Å². The van der Waals surface area contributed by atoms with Gasteiger partial charge in [0.15, 0.2) is 0 Å². The zero-order valence-corrected chi connectivity index (χ0v) is 23.9. The smallest absolute Gasteiger partial charge is 0.256 e. The number of rotatable bonds is 7. The summed E-state index contributed by atoms with van der Waals surface area (Å²) in [6.45, 7) is 6.14. The molecule has 9 heteroatoms. The van der Waals surface area contributed by atoms with Gasteiger partial charge in [0, 0.05) is 23.5 Å². The summed E-state index contributed by atoms with van der Waals surface area (Å²) in [6.07, 6.45) is 5.62. The van der Waals surface area contributed by atoms with Crippen molar-refractivity contribution in [3.63, 3.8) is 0 Å². The van der Waals surface area contributed by atoms with Crippen LogP contribution in [0.1, 0.15) is 55.8 Å². The van der Waals surface area contributed by atoms with E-state index in [9.17, 15) is 14.7 Å². The number of imidazole rings is 1. The van der Waals surface area contributed by atoms with E-state index in [-0.39, 0.29) is 17.7 Å². The maximum absolute atomic E-state index is 13.7. The quantitative estimate of drug-likeness (QED) is 0.200. The maximum atomic E-state index is 13.7. The van der Waals surface area contributed by atoms with Gasteiger partial charge < -0.3 is 25.5 Å². The van der Waals surface area contributed by atoms with Crippen LogP contribution in [0.15, 0.2) is 72.9 Å². The van der Waals surface area contributed by atoms with Gasteiger partial charge in [0.1, 0.15) is 17.4 Å². The van der Waals surface area contributed by atoms with Crippen molar-refractivity contribution in [1.82, 2.24) is 15.0 Å². The van der Waals surface area contributed by atoms with Crippen LogP contribution < -0.4 is 15.4 Å². The fraction of sp³-hybridized carbons (Fsp3) is 0.333. The Labute approximate surface area is 244 Å². The number of methoxy groups -OCH3 is 1. The highest BCUT2D eigenvalue weighted by Gasteiger charge is 2.52. The Kier molecular flexibility index (Phi) is 7.06. The summed E-state index contributed by atoms with van der Waals surface area (Å²) < 4.78 is 5.70. The first-order valence-corrected chi connectivity index (χ1v) is 14.3. The van der Waals surface area contributed by atoms with Gasteiger partial charge in [0.2, 0.25) is 5.91 Å². The van der Waals surface area contributed by atoms with Gasteiger partial charge in [0.05, 0.1) is 34.7 Å². The molecule has 2 amide bonds. The predicted octanol–water partition coefficient (Wildman–Crippen LogP) is 6.10. The number of fused-ring (bicyclic) bond motifs is 3. The van der Waals surface area contributed by atoms with Crippen LogP contribution in [0.2, 0.25) is 0 Å². The standard InChI is InChI=1S/C33H35N5O4/c1-4-32(17-21-13-20(2)16-33(41,18-21)19-32)31(40)35-23-9-10-24(27(15-23)42-3)29-36-25-11-8-22(14-26(25)37-29)30(39)38-28-7-5-6-12-34-28/h5-12,14-15,21,41H,2,4,13,16-19H2,1,3H3,(H,35,40)(H,36,37)(H,34,38,39)/t21?,32?,33-/m0/s1. The number of nitrogens with zero attached hydrogens (tertiary/aromatic N) is 2. The molecule has 2 aliphatic carbocycles. The molecule has 2 aliphatic rings. The third-order valence-electron chi connectivity index (χ3n) is 8.70. The molecular weight excluding hydrogens is 530 g/mol. The molecule has 0 spiro atoms. The number of anilines is 2. The van der Waals surface area contributed by atoms with Crippen molar-refractivity contribution < 1.29 is 19.4 Å². The van der Waals surface area contributed by atoms with Gasteiger partial charge in [-0.1, -0.05) is 25.1 Å². The highest BCUT2D eigenvalue weighted by atomic mass is 16.5. The van der Waals surface area contributed by atoms with E-state index in [0.29, 0.717) is 53.4 Å². The lowest BCUT2D eigenvalue weighted by Crippen LogP contribution is -2.52. The van der Waals surface area contributed by atoms with E-state index in [0.717, 1.165) is 35.9 Å². The van der Waals surface area contributed by atoms with Crippen molar-refractivity contribution >= 4 is 34.4 Å². The van der Waals surface area contributed by atoms with Crippen LogP contribution in [0, 0.1) is 11.3 Å². The first-order valence-electron chi connectivity index (χ1n) is 14.3. The molecule has 2 aromatic heterocycles. The van der Waals surface area contributed by atoms with Crippen molar-refractivity contribution in [3.8, 4) is 17.1 Å². The average Bonchev–Trinajstić information content (AvgIpc) is 3.39. The average molecular weight is 566 g/mol. The molecule has 4 N–H and O–H groups in total. The number of aromatic amines is 1. The number of aliphatic hydroxyl groups is 1. The minimum Gasteiger partial charge on any atom is -0.496 e. The number of pyridine rings is 1. The molecule has 6 rings (SSSR count). The monoisotopic (exact) mass is 565 g/mol. The van der Waals surface area contributed by atoms with Gasteiger partial charge in [-0.05, 0) is 86.9 Å². The third-order valence-corrected chi connectivity index (χ3v) is 8.70. The van der Waals surface area contributed by atoms with Crippen LogP contribution in [0.25, 0.3) is 22.4 Å². The van der Waals surface area contributed by atoms with Crippen molar-refractivity contribution in [2.24, 2.45) is 11.3 Å². The molecular formula is C33H35N5O4. The number of H-pyrrole nitrogens is 1. The van der Waals surface area contributed by atoms with Gasteiger partial charge in [0.25, 0.3) is 5.91 Å². The fourth-order valence-electron chi connectivity index (χ4n) is 6.89. The highest BCUT2D eigenvalue weighted by Crippen LogP contribution is 2.54. The lowest BCUT2D eigenvalue weighted by molar-refractivity contribution is -0.141. The van der Waals surface area contributed by atoms with Gasteiger partial charge in [-0.3, -0.25) is 9.59 Å². The molecule has 3 atom stereocenters. The van der Waals surface area contributed by atoms with Crippen molar-refractivity contribution in [2.45, 2.75) is 51.0 Å². The molecule has 4 aromatic rings. The zero-order chi connectivity index (χ0) is 29.5. The highest BCUT2D eigenvalue weighted by molar-refractivity contribution is 6.05. The molecule has 0 aliphatic heterocycles. The summed E-state index contributed by atoms with van der Waals surface area (Å²) in [5, 5.41) is 17.2. The topological polar surface area (TPSA) is 129 Å². The molecule has 2 saturated carbocycles. The molecule has 2 bridgehead atoms. The van der Waals surface area contributed by atoms with Crippen molar-refractivity contribution in [2.75, 3.05) is 17.7 Å². The van der Waals surface area contributed by atoms with E-state index in [1.54, 1.807) is 49.7 Å². The summed E-state index contributed by atoms with van der Waals surface area (Å²) in [5.74, 6) is 1.51. The molecule has 0 radical (unpaired) electrons. The van der Waals surface area contributed by atoms with E-state index < -0.39 is 11.0 Å². The number of nitrogens with one attached hydrogen (secondary N) is 3. The molecule has 9 nitrogen and oxygen atoms in total. The lowest BCUT2D eigenvalue weighted by atomic mass is 9.56. The third kappa shape index (κ3) is 5.27. The van der Waals surface area contributed by atoms with Gasteiger partial charge >= 0.3 is 0 Å². The van der Waals surface area contributed by atoms with Crippen LogP contribution in [0.3, 0.4) is 0 Å². The minimum absolute atomic E-state index is 0.0734. The second-order valence-corrected chi connectivity index (χ2v) is 11.8. The van der Waals surface area contributed by atoms with E-state index in [1.165, 1.54) is 0 Å². The molecule has 42 heavy (non-hydrogen) atoms. The second-order valence-electron chi connectivity index (χ2n) is 11.8. The Morgan fingerprint density at radius 1 is 1.14 bits per heavy atom. The van der Waals surface area contributed by atoms with Crippen molar-refractivity contribution in [1.29, 1.82) is 0 Å². The van der Waals surface area contributed by atoms with Gasteiger partial charge in [-0.2, -0.15) is 0 Å². The van der Waals surface area contributed by atoms with Gasteiger partial charge in [-0.15, -0.1) is 0 Å². The number of hydrogen-bond donors (Lipinski definition) is 4. The summed E-state index contributed by atoms with van der Waals surface area (Å²) in [7, 11) is 1.57. The van der Waals surface area contributed by atoms with Crippen LogP contribution in [-0.4, -0.2) is 44.6 Å². The molecule has 2 heterocycles. The Hall–Kier alpha value is -4.50. The van der Waals surface area contributed by atoms with Crippen LogP contribution >= 0.6 is 0 Å². The van der Waals surface area contributed by atoms with Gasteiger partial charge in [-0.25, -0.2) is 9.97 Å². The molecule has 216 valence electrons. The Morgan fingerprint density at radius 3 is 2.74 bits per heavy atom. The maximum Gasteiger partial charge on any atom is 0.256 e. The summed E-state index contributed by atoms with van der Waals surface area (Å²) in [6, 6.07) is 16.1. The summed E-state index contributed by atoms with van der Waals surface area (Å²) >= 11 is 0. The number of carbonyl (C=O) groups is 2. The number of ether oxygens (including phenoxy) is 1. The number of aromatic nitrogens is 3. The van der Waals surface area contributed by atoms with Crippen LogP contribution in [0.4, 0.5) is 11.5 Å². The molecule has 2 aromatic carbocycles. The Balaban J connectivity index is 1.22. The zero-order valence-electron chi connectivity index (χ0n) is 23.9. The number of amides is 2. The molecule has 0 saturated heterocycles. The molecule has 2 unspecified atom stereocenters. The Morgan fingerprint density at radius 2 is 2.00 bits per heavy atom. The SMILES string of the molecule is C=C1CC2CC(CC)(C(=O)Nc3ccc(-c4nc5cc(C(=O)Nc6ccccn6)ccc5[nH]4)c(OC)c3)C[C@](O)(C1)C2.